The van der Waals surface area contributed by atoms with E-state index in [1.807, 2.05) is 54.6 Å². The average Bonchev–Trinajstić information content (AvgIpc) is 2.64. The molecule has 130 valence electrons. The summed E-state index contributed by atoms with van der Waals surface area (Å²) in [6.45, 7) is 0. The topological polar surface area (TPSA) is 69.2 Å². The van der Waals surface area contributed by atoms with Gasteiger partial charge in [0.05, 0.1) is 5.56 Å². The SMILES string of the molecule is O=[N+]([O-])C1CCCCC1/[N+]([O-])=C/c1ccccc1Sc1ccccc1. The van der Waals surface area contributed by atoms with Crippen molar-refractivity contribution in [2.45, 2.75) is 47.6 Å². The third-order valence-electron chi connectivity index (χ3n) is 4.45. The third kappa shape index (κ3) is 4.39. The highest BCUT2D eigenvalue weighted by Gasteiger charge is 2.40. The maximum atomic E-state index is 12.6. The Hall–Kier alpha value is -2.34. The number of hydrogen-bond donors (Lipinski definition) is 0. The molecule has 1 saturated carbocycles. The summed E-state index contributed by atoms with van der Waals surface area (Å²) >= 11 is 1.58. The molecule has 0 heterocycles. The molecule has 2 aromatic rings. The van der Waals surface area contributed by atoms with Crippen molar-refractivity contribution in [3.8, 4) is 0 Å². The number of rotatable bonds is 5. The van der Waals surface area contributed by atoms with E-state index in [9.17, 15) is 15.3 Å². The first-order chi connectivity index (χ1) is 12.1. The van der Waals surface area contributed by atoms with Crippen LogP contribution in [0.25, 0.3) is 0 Å². The Kier molecular flexibility index (Phi) is 5.71. The molecule has 3 rings (SSSR count). The summed E-state index contributed by atoms with van der Waals surface area (Å²) < 4.78 is 0.803. The largest absolute Gasteiger partial charge is 0.623 e. The molecule has 2 atom stereocenters. The Bertz CT molecular complexity index is 764. The lowest BCUT2D eigenvalue weighted by Gasteiger charge is -2.24. The second kappa shape index (κ2) is 8.16. The van der Waals surface area contributed by atoms with E-state index in [2.05, 4.69) is 0 Å². The van der Waals surface area contributed by atoms with Crippen LogP contribution in [0.1, 0.15) is 31.2 Å². The lowest BCUT2D eigenvalue weighted by atomic mass is 9.91. The predicted octanol–water partition coefficient (Wildman–Crippen LogP) is 4.35. The van der Waals surface area contributed by atoms with Crippen molar-refractivity contribution in [1.82, 2.24) is 0 Å². The Labute approximate surface area is 151 Å². The lowest BCUT2D eigenvalue weighted by molar-refractivity contribution is -0.610. The van der Waals surface area contributed by atoms with Gasteiger partial charge in [-0.1, -0.05) is 42.1 Å². The zero-order chi connectivity index (χ0) is 17.6. The van der Waals surface area contributed by atoms with E-state index in [0.29, 0.717) is 12.8 Å². The zero-order valence-electron chi connectivity index (χ0n) is 13.8. The van der Waals surface area contributed by atoms with Crippen LogP contribution < -0.4 is 0 Å². The monoisotopic (exact) mass is 356 g/mol. The van der Waals surface area contributed by atoms with E-state index in [1.165, 1.54) is 6.21 Å². The first-order valence-corrected chi connectivity index (χ1v) is 9.22. The fourth-order valence-electron chi connectivity index (χ4n) is 3.16. The van der Waals surface area contributed by atoms with E-state index in [1.54, 1.807) is 11.8 Å². The van der Waals surface area contributed by atoms with Crippen LogP contribution in [0.3, 0.4) is 0 Å². The average molecular weight is 356 g/mol. The van der Waals surface area contributed by atoms with Gasteiger partial charge in [0.15, 0.2) is 6.21 Å². The quantitative estimate of drug-likeness (QED) is 0.262. The number of nitro groups is 1. The Morgan fingerprint density at radius 3 is 2.28 bits per heavy atom. The standard InChI is InChI=1S/C19H20N2O3S/c22-20(17-11-5-6-12-18(17)21(23)24)14-15-8-4-7-13-19(15)25-16-9-2-1-3-10-16/h1-4,7-10,13-14,17-18H,5-6,11-12H2/b20-14-. The highest BCUT2D eigenvalue weighted by atomic mass is 32.2. The van der Waals surface area contributed by atoms with Gasteiger partial charge in [-0.15, -0.1) is 0 Å². The molecule has 5 nitrogen and oxygen atoms in total. The molecule has 0 amide bonds. The van der Waals surface area contributed by atoms with E-state index in [-0.39, 0.29) is 4.92 Å². The first kappa shape index (κ1) is 17.5. The molecule has 0 N–H and O–H groups in total. The van der Waals surface area contributed by atoms with Crippen molar-refractivity contribution >= 4 is 18.0 Å². The van der Waals surface area contributed by atoms with Crippen LogP contribution in [-0.4, -0.2) is 28.0 Å². The van der Waals surface area contributed by atoms with E-state index in [0.717, 1.165) is 32.9 Å². The molecule has 1 fully saturated rings. The van der Waals surface area contributed by atoms with E-state index < -0.39 is 12.1 Å². The highest BCUT2D eigenvalue weighted by molar-refractivity contribution is 7.99. The summed E-state index contributed by atoms with van der Waals surface area (Å²) in [6, 6.07) is 16.2. The smallest absolute Gasteiger partial charge is 0.274 e. The van der Waals surface area contributed by atoms with Gasteiger partial charge in [-0.3, -0.25) is 10.1 Å². The van der Waals surface area contributed by atoms with Crippen molar-refractivity contribution in [2.24, 2.45) is 0 Å². The number of benzene rings is 2. The van der Waals surface area contributed by atoms with Gasteiger partial charge in [0.1, 0.15) is 0 Å². The van der Waals surface area contributed by atoms with Gasteiger partial charge in [-0.2, -0.15) is 0 Å². The Balaban J connectivity index is 1.86. The normalized spacial score (nSPS) is 21.0. The van der Waals surface area contributed by atoms with Gasteiger partial charge in [0.2, 0.25) is 6.04 Å². The Morgan fingerprint density at radius 1 is 0.920 bits per heavy atom. The fourth-order valence-corrected chi connectivity index (χ4v) is 4.10. The van der Waals surface area contributed by atoms with Crippen LogP contribution in [0.4, 0.5) is 0 Å². The van der Waals surface area contributed by atoms with E-state index in [4.69, 9.17) is 0 Å². The predicted molar refractivity (Wildman–Crippen MR) is 98.8 cm³/mol. The summed E-state index contributed by atoms with van der Waals surface area (Å²) in [5, 5.41) is 23.9. The number of hydroxylamine groups is 1. The van der Waals surface area contributed by atoms with Gasteiger partial charge in [-0.25, -0.2) is 4.74 Å². The first-order valence-electron chi connectivity index (χ1n) is 8.41. The molecular formula is C19H20N2O3S. The summed E-state index contributed by atoms with van der Waals surface area (Å²) in [5.74, 6) is 0. The molecule has 0 spiro atoms. The van der Waals surface area contributed by atoms with Gasteiger partial charge in [0.25, 0.3) is 6.04 Å². The van der Waals surface area contributed by atoms with Crippen molar-refractivity contribution in [3.05, 3.63) is 75.5 Å². The zero-order valence-corrected chi connectivity index (χ0v) is 14.6. The molecule has 1 aliphatic rings. The maximum absolute atomic E-state index is 12.6. The maximum Gasteiger partial charge on any atom is 0.274 e. The number of hydrogen-bond acceptors (Lipinski definition) is 4. The summed E-state index contributed by atoms with van der Waals surface area (Å²) in [5.41, 5.74) is 0.791. The molecule has 6 heteroatoms. The molecule has 2 unspecified atom stereocenters. The minimum atomic E-state index is -0.781. The fraction of sp³-hybridized carbons (Fsp3) is 0.316. The van der Waals surface area contributed by atoms with Crippen molar-refractivity contribution in [3.63, 3.8) is 0 Å². The second-order valence-electron chi connectivity index (χ2n) is 6.15. The van der Waals surface area contributed by atoms with Gasteiger partial charge >= 0.3 is 0 Å². The van der Waals surface area contributed by atoms with Gasteiger partial charge < -0.3 is 5.21 Å². The van der Waals surface area contributed by atoms with Crippen LogP contribution in [0.2, 0.25) is 0 Å². The molecule has 1 aliphatic carbocycles. The minimum absolute atomic E-state index is 0.298. The van der Waals surface area contributed by atoms with Gasteiger partial charge in [-0.05, 0) is 37.1 Å². The second-order valence-corrected chi connectivity index (χ2v) is 7.26. The molecule has 2 aromatic carbocycles. The van der Waals surface area contributed by atoms with E-state index >= 15 is 0 Å². The molecular weight excluding hydrogens is 336 g/mol. The van der Waals surface area contributed by atoms with Crippen LogP contribution in [0, 0.1) is 15.3 Å². The van der Waals surface area contributed by atoms with Crippen LogP contribution in [0.5, 0.6) is 0 Å². The minimum Gasteiger partial charge on any atom is -0.623 e. The van der Waals surface area contributed by atoms with Crippen molar-refractivity contribution < 1.29 is 9.66 Å². The molecule has 0 aliphatic heterocycles. The summed E-state index contributed by atoms with van der Waals surface area (Å²) in [7, 11) is 0. The molecule has 25 heavy (non-hydrogen) atoms. The third-order valence-corrected chi connectivity index (χ3v) is 5.55. The summed E-state index contributed by atoms with van der Waals surface area (Å²) in [4.78, 5) is 13.0. The van der Waals surface area contributed by atoms with Crippen molar-refractivity contribution in [2.75, 3.05) is 0 Å². The summed E-state index contributed by atoms with van der Waals surface area (Å²) in [6.07, 6.45) is 4.24. The molecule has 0 saturated heterocycles. The number of nitrogens with zero attached hydrogens (tertiary/aromatic N) is 2. The van der Waals surface area contributed by atoms with Crippen molar-refractivity contribution in [1.29, 1.82) is 0 Å². The molecule has 0 aromatic heterocycles. The van der Waals surface area contributed by atoms with Crippen LogP contribution in [-0.2, 0) is 0 Å². The highest BCUT2D eigenvalue weighted by Crippen LogP contribution is 2.30. The Morgan fingerprint density at radius 2 is 1.56 bits per heavy atom. The molecule has 0 bridgehead atoms. The van der Waals surface area contributed by atoms with Gasteiger partial charge in [0, 0.05) is 27.6 Å². The van der Waals surface area contributed by atoms with Crippen LogP contribution in [0.15, 0.2) is 64.4 Å². The van der Waals surface area contributed by atoms with Crippen LogP contribution >= 0.6 is 11.8 Å². The molecule has 0 radical (unpaired) electrons. The lowest BCUT2D eigenvalue weighted by Crippen LogP contribution is -2.42.